The second-order valence-corrected chi connectivity index (χ2v) is 5.92. The Balaban J connectivity index is 1.48. The number of nitrogens with zero attached hydrogens (tertiary/aromatic N) is 3. The highest BCUT2D eigenvalue weighted by atomic mass is 16.5. The van der Waals surface area contributed by atoms with Gasteiger partial charge in [-0.3, -0.25) is 4.90 Å². The Bertz CT molecular complexity index is 845. The van der Waals surface area contributed by atoms with Gasteiger partial charge in [-0.15, -0.1) is 0 Å². The fourth-order valence-corrected chi connectivity index (χ4v) is 3.13. The van der Waals surface area contributed by atoms with E-state index in [1.165, 1.54) is 22.0 Å². The van der Waals surface area contributed by atoms with Gasteiger partial charge in [0.2, 0.25) is 5.89 Å². The summed E-state index contributed by atoms with van der Waals surface area (Å²) in [5, 5.41) is 5.26. The number of aromatic nitrogens is 3. The molecule has 1 N–H and O–H groups in total. The molecule has 23 heavy (non-hydrogen) atoms. The highest BCUT2D eigenvalue weighted by Gasteiger charge is 2.17. The van der Waals surface area contributed by atoms with Crippen LogP contribution >= 0.6 is 0 Å². The highest BCUT2D eigenvalue weighted by molar-refractivity contribution is 5.92. The fraction of sp³-hybridized carbons (Fsp3) is 0.333. The molecule has 1 aliphatic heterocycles. The molecule has 0 saturated carbocycles. The molecule has 0 saturated heterocycles. The molecular weight excluding hydrogens is 288 g/mol. The van der Waals surface area contributed by atoms with Gasteiger partial charge in [0, 0.05) is 42.2 Å². The van der Waals surface area contributed by atoms with Crippen LogP contribution in [-0.2, 0) is 13.0 Å². The summed E-state index contributed by atoms with van der Waals surface area (Å²) in [6.45, 7) is 4.68. The van der Waals surface area contributed by atoms with Crippen LogP contribution in [0.2, 0.25) is 0 Å². The van der Waals surface area contributed by atoms with Gasteiger partial charge in [-0.2, -0.15) is 4.98 Å². The van der Waals surface area contributed by atoms with Crippen LogP contribution in [-0.4, -0.2) is 33.1 Å². The Morgan fingerprint density at radius 2 is 2.22 bits per heavy atom. The normalized spacial score (nSPS) is 16.0. The summed E-state index contributed by atoms with van der Waals surface area (Å²) in [6, 6.07) is 8.46. The Labute approximate surface area is 135 Å². The first-order valence-corrected chi connectivity index (χ1v) is 8.13. The monoisotopic (exact) mass is 308 g/mol. The Kier molecular flexibility index (Phi) is 3.71. The van der Waals surface area contributed by atoms with E-state index < -0.39 is 0 Å². The average molecular weight is 308 g/mol. The van der Waals surface area contributed by atoms with E-state index in [4.69, 9.17) is 4.52 Å². The molecule has 118 valence electrons. The van der Waals surface area contributed by atoms with Crippen LogP contribution in [0.1, 0.15) is 30.6 Å². The minimum Gasteiger partial charge on any atom is -0.361 e. The number of aryl methyl sites for hydroxylation is 1. The average Bonchev–Trinajstić information content (AvgIpc) is 3.22. The molecule has 0 unspecified atom stereocenters. The molecule has 1 aliphatic rings. The second-order valence-electron chi connectivity index (χ2n) is 5.92. The molecule has 0 spiro atoms. The standard InChI is InChI=1S/C18H20N4O/c1-2-17-20-18(23-21-17)12-22-9-7-13(8-10-22)15-11-19-16-6-4-3-5-14(15)16/h3-7,11,19H,2,8-10,12H2,1H3. The van der Waals surface area contributed by atoms with E-state index >= 15 is 0 Å². The van der Waals surface area contributed by atoms with Crippen LogP contribution in [0.3, 0.4) is 0 Å². The van der Waals surface area contributed by atoms with Crippen molar-refractivity contribution in [1.29, 1.82) is 0 Å². The van der Waals surface area contributed by atoms with Gasteiger partial charge < -0.3 is 9.51 Å². The molecule has 2 aromatic heterocycles. The lowest BCUT2D eigenvalue weighted by molar-refractivity contribution is 0.245. The van der Waals surface area contributed by atoms with E-state index in [0.29, 0.717) is 5.89 Å². The number of hydrogen-bond donors (Lipinski definition) is 1. The van der Waals surface area contributed by atoms with E-state index in [1.54, 1.807) is 0 Å². The zero-order valence-electron chi connectivity index (χ0n) is 13.2. The zero-order chi connectivity index (χ0) is 15.6. The lowest BCUT2D eigenvalue weighted by Gasteiger charge is -2.24. The predicted molar refractivity (Wildman–Crippen MR) is 89.8 cm³/mol. The lowest BCUT2D eigenvalue weighted by atomic mass is 9.99. The predicted octanol–water partition coefficient (Wildman–Crippen LogP) is 3.40. The number of rotatable bonds is 4. The molecule has 5 heteroatoms. The van der Waals surface area contributed by atoms with E-state index in [1.807, 2.05) is 6.92 Å². The van der Waals surface area contributed by atoms with Crippen LogP contribution in [0, 0.1) is 0 Å². The molecule has 5 nitrogen and oxygen atoms in total. The number of nitrogens with one attached hydrogen (secondary N) is 1. The summed E-state index contributed by atoms with van der Waals surface area (Å²) in [4.78, 5) is 10.1. The molecule has 4 rings (SSSR count). The van der Waals surface area contributed by atoms with Gasteiger partial charge in [0.15, 0.2) is 5.82 Å². The van der Waals surface area contributed by atoms with Crippen molar-refractivity contribution < 1.29 is 4.52 Å². The smallest absolute Gasteiger partial charge is 0.240 e. The summed E-state index contributed by atoms with van der Waals surface area (Å²) in [5.74, 6) is 1.50. The number of benzene rings is 1. The van der Waals surface area contributed by atoms with E-state index in [9.17, 15) is 0 Å². The number of aromatic amines is 1. The van der Waals surface area contributed by atoms with Crippen LogP contribution in [0.4, 0.5) is 0 Å². The van der Waals surface area contributed by atoms with Crippen molar-refractivity contribution in [3.05, 3.63) is 53.8 Å². The minimum absolute atomic E-state index is 0.714. The molecular formula is C18H20N4O. The van der Waals surface area contributed by atoms with Crippen LogP contribution in [0.5, 0.6) is 0 Å². The van der Waals surface area contributed by atoms with Crippen LogP contribution in [0.25, 0.3) is 16.5 Å². The maximum Gasteiger partial charge on any atom is 0.240 e. The van der Waals surface area contributed by atoms with E-state index in [2.05, 4.69) is 56.6 Å². The molecule has 0 atom stereocenters. The molecule has 0 bridgehead atoms. The number of hydrogen-bond acceptors (Lipinski definition) is 4. The third-order valence-electron chi connectivity index (χ3n) is 4.41. The summed E-state index contributed by atoms with van der Waals surface area (Å²) < 4.78 is 5.29. The third kappa shape index (κ3) is 2.80. The van der Waals surface area contributed by atoms with Gasteiger partial charge in [0.05, 0.1) is 6.54 Å². The van der Waals surface area contributed by atoms with Crippen LogP contribution < -0.4 is 0 Å². The largest absolute Gasteiger partial charge is 0.361 e. The topological polar surface area (TPSA) is 58.0 Å². The van der Waals surface area contributed by atoms with Gasteiger partial charge in [-0.1, -0.05) is 36.4 Å². The first-order valence-electron chi connectivity index (χ1n) is 8.13. The van der Waals surface area contributed by atoms with Crippen molar-refractivity contribution in [2.75, 3.05) is 13.1 Å². The lowest BCUT2D eigenvalue weighted by Crippen LogP contribution is -2.28. The van der Waals surface area contributed by atoms with Gasteiger partial charge in [-0.05, 0) is 18.1 Å². The summed E-state index contributed by atoms with van der Waals surface area (Å²) >= 11 is 0. The van der Waals surface area contributed by atoms with Crippen molar-refractivity contribution >= 4 is 16.5 Å². The van der Waals surface area contributed by atoms with Crippen molar-refractivity contribution in [1.82, 2.24) is 20.0 Å². The van der Waals surface area contributed by atoms with Crippen molar-refractivity contribution in [2.45, 2.75) is 26.3 Å². The molecule has 3 heterocycles. The summed E-state index contributed by atoms with van der Waals surface area (Å²) in [6.07, 6.45) is 6.29. The first-order chi connectivity index (χ1) is 11.3. The first kappa shape index (κ1) is 14.2. The maximum atomic E-state index is 5.29. The zero-order valence-corrected chi connectivity index (χ0v) is 13.2. The van der Waals surface area contributed by atoms with Crippen molar-refractivity contribution in [3.63, 3.8) is 0 Å². The summed E-state index contributed by atoms with van der Waals surface area (Å²) in [5.41, 5.74) is 3.94. The molecule has 0 fully saturated rings. The molecule has 1 aromatic carbocycles. The molecule has 0 aliphatic carbocycles. The Morgan fingerprint density at radius 1 is 1.30 bits per heavy atom. The minimum atomic E-state index is 0.714. The highest BCUT2D eigenvalue weighted by Crippen LogP contribution is 2.29. The SMILES string of the molecule is CCc1noc(CN2CC=C(c3c[nH]c4ccccc34)CC2)n1. The number of H-pyrrole nitrogens is 1. The van der Waals surface area contributed by atoms with Crippen LogP contribution in [0.15, 0.2) is 41.1 Å². The van der Waals surface area contributed by atoms with Gasteiger partial charge in [-0.25, -0.2) is 0 Å². The number of para-hydroxylation sites is 1. The van der Waals surface area contributed by atoms with E-state index in [-0.39, 0.29) is 0 Å². The van der Waals surface area contributed by atoms with Crippen molar-refractivity contribution in [2.24, 2.45) is 0 Å². The molecule has 0 amide bonds. The van der Waals surface area contributed by atoms with Crippen molar-refractivity contribution in [3.8, 4) is 0 Å². The maximum absolute atomic E-state index is 5.29. The fourth-order valence-electron chi connectivity index (χ4n) is 3.13. The molecule has 0 radical (unpaired) electrons. The summed E-state index contributed by atoms with van der Waals surface area (Å²) in [7, 11) is 0. The Morgan fingerprint density at radius 3 is 3.00 bits per heavy atom. The van der Waals surface area contributed by atoms with Gasteiger partial charge in [0.25, 0.3) is 0 Å². The third-order valence-corrected chi connectivity index (χ3v) is 4.41. The number of fused-ring (bicyclic) bond motifs is 1. The molecule has 3 aromatic rings. The second kappa shape index (κ2) is 6.01. The van der Waals surface area contributed by atoms with E-state index in [0.717, 1.165) is 38.3 Å². The Hall–Kier alpha value is -2.40. The quantitative estimate of drug-likeness (QED) is 0.802. The van der Waals surface area contributed by atoms with Gasteiger partial charge >= 0.3 is 0 Å². The van der Waals surface area contributed by atoms with Gasteiger partial charge in [0.1, 0.15) is 0 Å².